The Morgan fingerprint density at radius 2 is 2.23 bits per heavy atom. The molecule has 1 fully saturated rings. The Kier molecular flexibility index (Phi) is 3.78. The molecule has 1 saturated heterocycles. The molecule has 0 aromatic rings. The van der Waals surface area contributed by atoms with Gasteiger partial charge in [0.25, 0.3) is 0 Å². The first-order valence-electron chi connectivity index (χ1n) is 4.62. The van der Waals surface area contributed by atoms with E-state index in [4.69, 9.17) is 11.5 Å². The van der Waals surface area contributed by atoms with Crippen molar-refractivity contribution in [3.63, 3.8) is 0 Å². The van der Waals surface area contributed by atoms with Gasteiger partial charge < -0.3 is 10.0 Å². The van der Waals surface area contributed by atoms with E-state index < -0.39 is 5.97 Å². The highest BCUT2D eigenvalue weighted by atomic mass is 16.4. The van der Waals surface area contributed by atoms with Gasteiger partial charge in [-0.3, -0.25) is 4.79 Å². The van der Waals surface area contributed by atoms with E-state index in [2.05, 4.69) is 10.8 Å². The van der Waals surface area contributed by atoms with Gasteiger partial charge in [0.1, 0.15) is 0 Å². The van der Waals surface area contributed by atoms with E-state index in [0.717, 1.165) is 25.8 Å². The van der Waals surface area contributed by atoms with Crippen LogP contribution in [-0.2, 0) is 4.79 Å². The van der Waals surface area contributed by atoms with Crippen molar-refractivity contribution in [2.75, 3.05) is 19.6 Å². The molecule has 3 heteroatoms. The predicted molar refractivity (Wildman–Crippen MR) is 50.2 cm³/mol. The molecule has 1 aliphatic rings. The quantitative estimate of drug-likeness (QED) is 0.504. The second-order valence-electron chi connectivity index (χ2n) is 3.46. The lowest BCUT2D eigenvalue weighted by molar-refractivity contribution is -0.147. The third-order valence-corrected chi connectivity index (χ3v) is 2.35. The zero-order valence-electron chi connectivity index (χ0n) is 7.70. The van der Waals surface area contributed by atoms with Crippen molar-refractivity contribution in [3.8, 4) is 12.3 Å². The van der Waals surface area contributed by atoms with Gasteiger partial charge in [-0.15, -0.1) is 12.3 Å². The minimum atomic E-state index is -0.667. The van der Waals surface area contributed by atoms with Crippen LogP contribution in [-0.4, -0.2) is 35.6 Å². The van der Waals surface area contributed by atoms with Crippen LogP contribution in [0.4, 0.5) is 0 Å². The number of terminal acetylenes is 1. The molecule has 72 valence electrons. The van der Waals surface area contributed by atoms with Crippen LogP contribution in [0.1, 0.15) is 19.3 Å². The van der Waals surface area contributed by atoms with Gasteiger partial charge in [0, 0.05) is 19.5 Å². The zero-order chi connectivity index (χ0) is 9.68. The van der Waals surface area contributed by atoms with Crippen LogP contribution in [0.3, 0.4) is 0 Å². The van der Waals surface area contributed by atoms with E-state index in [1.807, 2.05) is 0 Å². The molecule has 0 saturated carbocycles. The van der Waals surface area contributed by atoms with Gasteiger partial charge in [-0.25, -0.2) is 0 Å². The number of likely N-dealkylation sites (tertiary alicyclic amines) is 1. The van der Waals surface area contributed by atoms with Gasteiger partial charge in [0.2, 0.25) is 0 Å². The van der Waals surface area contributed by atoms with Crippen LogP contribution in [0.15, 0.2) is 0 Å². The van der Waals surface area contributed by atoms with Crippen LogP contribution in [0, 0.1) is 18.3 Å². The highest BCUT2D eigenvalue weighted by molar-refractivity contribution is 5.71. The molecule has 1 aliphatic heterocycles. The number of unbranched alkanes of at least 4 members (excludes halogenated alkanes) is 2. The summed E-state index contributed by atoms with van der Waals surface area (Å²) in [7, 11) is 0. The summed E-state index contributed by atoms with van der Waals surface area (Å²) in [4.78, 5) is 12.6. The summed E-state index contributed by atoms with van der Waals surface area (Å²) >= 11 is 0. The van der Waals surface area contributed by atoms with Crippen molar-refractivity contribution in [1.82, 2.24) is 4.90 Å². The number of carboxylic acids is 1. The van der Waals surface area contributed by atoms with E-state index in [-0.39, 0.29) is 5.92 Å². The van der Waals surface area contributed by atoms with E-state index in [1.54, 1.807) is 0 Å². The number of carbonyl (C=O) groups is 1. The van der Waals surface area contributed by atoms with E-state index in [1.165, 1.54) is 0 Å². The monoisotopic (exact) mass is 181 g/mol. The van der Waals surface area contributed by atoms with Crippen molar-refractivity contribution in [1.29, 1.82) is 0 Å². The van der Waals surface area contributed by atoms with Gasteiger partial charge in [0.15, 0.2) is 0 Å². The maximum atomic E-state index is 10.5. The van der Waals surface area contributed by atoms with E-state index in [9.17, 15) is 4.79 Å². The number of hydrogen-bond acceptors (Lipinski definition) is 2. The molecule has 0 radical (unpaired) electrons. The number of rotatable bonds is 5. The fourth-order valence-corrected chi connectivity index (χ4v) is 1.47. The first kappa shape index (κ1) is 10.1. The molecule has 0 bridgehead atoms. The molecule has 3 nitrogen and oxygen atoms in total. The number of aliphatic carboxylic acids is 1. The minimum Gasteiger partial charge on any atom is -0.481 e. The molecule has 13 heavy (non-hydrogen) atoms. The van der Waals surface area contributed by atoms with Crippen molar-refractivity contribution < 1.29 is 9.90 Å². The van der Waals surface area contributed by atoms with Crippen LogP contribution < -0.4 is 0 Å². The lowest BCUT2D eigenvalue weighted by Crippen LogP contribution is -2.50. The Hall–Kier alpha value is -1.01. The first-order valence-corrected chi connectivity index (χ1v) is 4.62. The normalized spacial score (nSPS) is 17.8. The van der Waals surface area contributed by atoms with Gasteiger partial charge in [-0.1, -0.05) is 0 Å². The van der Waals surface area contributed by atoms with Crippen molar-refractivity contribution in [2.24, 2.45) is 5.92 Å². The highest BCUT2D eigenvalue weighted by Crippen LogP contribution is 2.15. The molecule has 1 heterocycles. The molecule has 1 rings (SSSR count). The predicted octanol–water partition coefficient (Wildman–Crippen LogP) is 0.806. The van der Waals surface area contributed by atoms with Crippen LogP contribution in [0.2, 0.25) is 0 Å². The zero-order valence-corrected chi connectivity index (χ0v) is 7.70. The first-order chi connectivity index (χ1) is 6.24. The van der Waals surface area contributed by atoms with Gasteiger partial charge in [-0.2, -0.15) is 0 Å². The Bertz CT molecular complexity index is 213. The van der Waals surface area contributed by atoms with Gasteiger partial charge in [0.05, 0.1) is 5.92 Å². The van der Waals surface area contributed by atoms with Crippen molar-refractivity contribution in [2.45, 2.75) is 19.3 Å². The molecule has 0 spiro atoms. The Morgan fingerprint density at radius 1 is 1.54 bits per heavy atom. The smallest absolute Gasteiger partial charge is 0.309 e. The second-order valence-corrected chi connectivity index (χ2v) is 3.46. The maximum absolute atomic E-state index is 10.5. The molecule has 0 aliphatic carbocycles. The third-order valence-electron chi connectivity index (χ3n) is 2.35. The number of nitrogens with zero attached hydrogens (tertiary/aromatic N) is 1. The molecular formula is C10H15NO2. The molecule has 0 aromatic carbocycles. The largest absolute Gasteiger partial charge is 0.481 e. The highest BCUT2D eigenvalue weighted by Gasteiger charge is 2.31. The second kappa shape index (κ2) is 4.88. The van der Waals surface area contributed by atoms with Gasteiger partial charge >= 0.3 is 5.97 Å². The van der Waals surface area contributed by atoms with Crippen molar-refractivity contribution in [3.05, 3.63) is 0 Å². The summed E-state index contributed by atoms with van der Waals surface area (Å²) in [6.07, 6.45) is 8.07. The third kappa shape index (κ3) is 3.08. The fraction of sp³-hybridized carbons (Fsp3) is 0.700. The van der Waals surface area contributed by atoms with Crippen LogP contribution in [0.5, 0.6) is 0 Å². The summed E-state index contributed by atoms with van der Waals surface area (Å²) < 4.78 is 0. The van der Waals surface area contributed by atoms with Crippen molar-refractivity contribution >= 4 is 5.97 Å². The molecule has 1 N–H and O–H groups in total. The van der Waals surface area contributed by atoms with Crippen LogP contribution >= 0.6 is 0 Å². The summed E-state index contributed by atoms with van der Waals surface area (Å²) in [5.74, 6) is 1.79. The summed E-state index contributed by atoms with van der Waals surface area (Å²) in [5, 5.41) is 8.61. The number of carboxylic acid groups (broad SMARTS) is 1. The molecule has 0 aromatic heterocycles. The molecule has 0 amide bonds. The Morgan fingerprint density at radius 3 is 2.77 bits per heavy atom. The maximum Gasteiger partial charge on any atom is 0.309 e. The number of hydrogen-bond donors (Lipinski definition) is 1. The lowest BCUT2D eigenvalue weighted by atomic mass is 10.0. The topological polar surface area (TPSA) is 40.5 Å². The standard InChI is InChI=1S/C10H15NO2/c1-2-3-4-5-6-11-7-9(8-11)10(12)13/h1,9H,3-8H2,(H,12,13). The molecular weight excluding hydrogens is 166 g/mol. The average molecular weight is 181 g/mol. The molecule has 0 unspecified atom stereocenters. The van der Waals surface area contributed by atoms with Gasteiger partial charge in [-0.05, 0) is 19.4 Å². The minimum absolute atomic E-state index is 0.132. The SMILES string of the molecule is C#CCCCCN1CC(C(=O)O)C1. The van der Waals surface area contributed by atoms with Crippen LogP contribution in [0.25, 0.3) is 0 Å². The summed E-state index contributed by atoms with van der Waals surface area (Å²) in [6.45, 7) is 2.42. The Labute approximate surface area is 78.7 Å². The fourth-order valence-electron chi connectivity index (χ4n) is 1.47. The van der Waals surface area contributed by atoms with E-state index in [0.29, 0.717) is 13.1 Å². The molecule has 0 atom stereocenters. The average Bonchev–Trinajstić information content (AvgIpc) is 2.00. The lowest BCUT2D eigenvalue weighted by Gasteiger charge is -2.36. The van der Waals surface area contributed by atoms with E-state index >= 15 is 0 Å². The summed E-state index contributed by atoms with van der Waals surface area (Å²) in [6, 6.07) is 0. The Balaban J connectivity index is 1.96. The summed E-state index contributed by atoms with van der Waals surface area (Å²) in [5.41, 5.74) is 0.